The van der Waals surface area contributed by atoms with Gasteiger partial charge in [0, 0.05) is 18.5 Å². The third-order valence-corrected chi connectivity index (χ3v) is 4.70. The van der Waals surface area contributed by atoms with Crippen molar-refractivity contribution in [2.24, 2.45) is 0 Å². The van der Waals surface area contributed by atoms with E-state index in [0.29, 0.717) is 23.9 Å². The van der Waals surface area contributed by atoms with Crippen LogP contribution in [0.2, 0.25) is 0 Å². The van der Waals surface area contributed by atoms with Gasteiger partial charge in [0.25, 0.3) is 0 Å². The van der Waals surface area contributed by atoms with Crippen LogP contribution in [0.3, 0.4) is 0 Å². The van der Waals surface area contributed by atoms with Gasteiger partial charge in [0.05, 0.1) is 11.6 Å². The van der Waals surface area contributed by atoms with Crippen molar-refractivity contribution in [2.75, 3.05) is 11.4 Å². The Morgan fingerprint density at radius 1 is 1.19 bits per heavy atom. The Morgan fingerprint density at radius 2 is 2.00 bits per heavy atom. The SMILES string of the molecule is Cc1ccc(N2CC(c3nc(-c4ccccc4C)no3)CC2=O)c(F)c1. The first-order chi connectivity index (χ1) is 12.5. The second kappa shape index (κ2) is 6.37. The van der Waals surface area contributed by atoms with Crippen molar-refractivity contribution in [3.8, 4) is 11.4 Å². The number of aromatic nitrogens is 2. The van der Waals surface area contributed by atoms with Crippen molar-refractivity contribution in [2.45, 2.75) is 26.2 Å². The van der Waals surface area contributed by atoms with E-state index in [0.717, 1.165) is 16.7 Å². The van der Waals surface area contributed by atoms with Gasteiger partial charge in [-0.3, -0.25) is 4.79 Å². The Morgan fingerprint density at radius 3 is 2.77 bits per heavy atom. The molecule has 1 aliphatic rings. The molecule has 0 radical (unpaired) electrons. The first-order valence-corrected chi connectivity index (χ1v) is 8.49. The number of nitrogens with zero attached hydrogens (tertiary/aromatic N) is 3. The Labute approximate surface area is 150 Å². The Hall–Kier alpha value is -3.02. The summed E-state index contributed by atoms with van der Waals surface area (Å²) >= 11 is 0. The zero-order chi connectivity index (χ0) is 18.3. The van der Waals surface area contributed by atoms with Crippen LogP contribution in [0, 0.1) is 19.7 Å². The molecule has 6 heteroatoms. The van der Waals surface area contributed by atoms with Gasteiger partial charge in [0.2, 0.25) is 17.6 Å². The number of benzene rings is 2. The minimum atomic E-state index is -0.398. The summed E-state index contributed by atoms with van der Waals surface area (Å²) in [6, 6.07) is 12.6. The van der Waals surface area contributed by atoms with Gasteiger partial charge in [-0.2, -0.15) is 4.98 Å². The maximum Gasteiger partial charge on any atom is 0.232 e. The predicted octanol–water partition coefficient (Wildman–Crippen LogP) is 4.01. The molecular weight excluding hydrogens is 333 g/mol. The smallest absolute Gasteiger partial charge is 0.232 e. The van der Waals surface area contributed by atoms with Gasteiger partial charge in [-0.15, -0.1) is 0 Å². The molecule has 1 aromatic heterocycles. The molecule has 0 saturated carbocycles. The van der Waals surface area contributed by atoms with Crippen LogP contribution in [0.4, 0.5) is 10.1 Å². The van der Waals surface area contributed by atoms with E-state index in [1.165, 1.54) is 11.0 Å². The van der Waals surface area contributed by atoms with Crippen LogP contribution in [-0.2, 0) is 4.79 Å². The molecule has 1 aliphatic heterocycles. The topological polar surface area (TPSA) is 59.2 Å². The Kier molecular flexibility index (Phi) is 4.03. The van der Waals surface area contributed by atoms with Crippen molar-refractivity contribution >= 4 is 11.6 Å². The molecule has 2 heterocycles. The van der Waals surface area contributed by atoms with Gasteiger partial charge in [-0.25, -0.2) is 4.39 Å². The number of hydrogen-bond donors (Lipinski definition) is 0. The van der Waals surface area contributed by atoms with Crippen LogP contribution in [-0.4, -0.2) is 22.6 Å². The van der Waals surface area contributed by atoms with Gasteiger partial charge in [-0.05, 0) is 37.1 Å². The van der Waals surface area contributed by atoms with Crippen LogP contribution in [0.15, 0.2) is 47.0 Å². The number of carbonyl (C=O) groups excluding carboxylic acids is 1. The van der Waals surface area contributed by atoms with Crippen molar-refractivity contribution in [3.05, 3.63) is 65.3 Å². The number of aryl methyl sites for hydroxylation is 2. The van der Waals surface area contributed by atoms with Crippen LogP contribution < -0.4 is 4.90 Å². The van der Waals surface area contributed by atoms with E-state index in [4.69, 9.17) is 4.52 Å². The molecule has 2 aromatic carbocycles. The number of carbonyl (C=O) groups is 1. The third-order valence-electron chi connectivity index (χ3n) is 4.70. The number of rotatable bonds is 3. The van der Waals surface area contributed by atoms with Crippen LogP contribution in [0.5, 0.6) is 0 Å². The molecule has 0 bridgehead atoms. The number of hydrogen-bond acceptors (Lipinski definition) is 4. The fourth-order valence-corrected chi connectivity index (χ4v) is 3.27. The summed E-state index contributed by atoms with van der Waals surface area (Å²) in [5.41, 5.74) is 3.05. The van der Waals surface area contributed by atoms with Crippen molar-refractivity contribution < 1.29 is 13.7 Å². The lowest BCUT2D eigenvalue weighted by atomic mass is 10.1. The van der Waals surface area contributed by atoms with E-state index >= 15 is 0 Å². The summed E-state index contributed by atoms with van der Waals surface area (Å²) in [5.74, 6) is 0.129. The zero-order valence-corrected chi connectivity index (χ0v) is 14.6. The number of halogens is 1. The standard InChI is InChI=1S/C20H18FN3O2/c1-12-7-8-17(16(21)9-12)24-11-14(10-18(24)25)20-22-19(23-26-20)15-6-4-3-5-13(15)2/h3-9,14H,10-11H2,1-2H3. The second-order valence-corrected chi connectivity index (χ2v) is 6.63. The van der Waals surface area contributed by atoms with Gasteiger partial charge in [0.15, 0.2) is 0 Å². The fourth-order valence-electron chi connectivity index (χ4n) is 3.27. The zero-order valence-electron chi connectivity index (χ0n) is 14.6. The molecule has 0 spiro atoms. The maximum absolute atomic E-state index is 14.2. The van der Waals surface area contributed by atoms with Gasteiger partial charge < -0.3 is 9.42 Å². The highest BCUT2D eigenvalue weighted by atomic mass is 19.1. The summed E-state index contributed by atoms with van der Waals surface area (Å²) < 4.78 is 19.6. The Balaban J connectivity index is 1.59. The van der Waals surface area contributed by atoms with Gasteiger partial charge in [0.1, 0.15) is 5.82 Å². The first kappa shape index (κ1) is 16.4. The summed E-state index contributed by atoms with van der Waals surface area (Å²) in [6.45, 7) is 4.12. The summed E-state index contributed by atoms with van der Waals surface area (Å²) in [4.78, 5) is 18.3. The molecule has 3 aromatic rings. The minimum absolute atomic E-state index is 0.145. The maximum atomic E-state index is 14.2. The van der Waals surface area contributed by atoms with E-state index in [9.17, 15) is 9.18 Å². The summed E-state index contributed by atoms with van der Waals surface area (Å²) in [5, 5.41) is 4.05. The number of amides is 1. The highest BCUT2D eigenvalue weighted by Gasteiger charge is 2.36. The highest BCUT2D eigenvalue weighted by Crippen LogP contribution is 2.33. The molecule has 1 fully saturated rings. The molecule has 1 saturated heterocycles. The lowest BCUT2D eigenvalue weighted by molar-refractivity contribution is -0.117. The average molecular weight is 351 g/mol. The molecule has 4 rings (SSSR count). The van der Waals surface area contributed by atoms with Crippen molar-refractivity contribution in [1.82, 2.24) is 10.1 Å². The molecule has 1 amide bonds. The highest BCUT2D eigenvalue weighted by molar-refractivity contribution is 5.96. The van der Waals surface area contributed by atoms with Crippen molar-refractivity contribution in [1.29, 1.82) is 0 Å². The monoisotopic (exact) mass is 351 g/mol. The molecule has 1 atom stereocenters. The average Bonchev–Trinajstić information content (AvgIpc) is 3.22. The summed E-state index contributed by atoms with van der Waals surface area (Å²) in [6.07, 6.45) is 0.225. The largest absolute Gasteiger partial charge is 0.339 e. The van der Waals surface area contributed by atoms with Crippen LogP contribution in [0.25, 0.3) is 11.4 Å². The second-order valence-electron chi connectivity index (χ2n) is 6.63. The van der Waals surface area contributed by atoms with E-state index in [2.05, 4.69) is 10.1 Å². The van der Waals surface area contributed by atoms with E-state index in [1.54, 1.807) is 12.1 Å². The lowest BCUT2D eigenvalue weighted by Crippen LogP contribution is -2.25. The predicted molar refractivity (Wildman–Crippen MR) is 95.3 cm³/mol. The molecule has 1 unspecified atom stereocenters. The molecule has 132 valence electrons. The van der Waals surface area contributed by atoms with Crippen LogP contribution >= 0.6 is 0 Å². The van der Waals surface area contributed by atoms with Crippen LogP contribution in [0.1, 0.15) is 29.4 Å². The lowest BCUT2D eigenvalue weighted by Gasteiger charge is -2.17. The van der Waals surface area contributed by atoms with E-state index < -0.39 is 5.82 Å². The Bertz CT molecular complexity index is 983. The molecule has 26 heavy (non-hydrogen) atoms. The first-order valence-electron chi connectivity index (χ1n) is 8.49. The van der Waals surface area contributed by atoms with Crippen molar-refractivity contribution in [3.63, 3.8) is 0 Å². The summed E-state index contributed by atoms with van der Waals surface area (Å²) in [7, 11) is 0. The molecule has 0 N–H and O–H groups in total. The molecule has 5 nitrogen and oxygen atoms in total. The van der Waals surface area contributed by atoms with E-state index in [1.807, 2.05) is 38.1 Å². The minimum Gasteiger partial charge on any atom is -0.339 e. The third kappa shape index (κ3) is 2.87. The number of anilines is 1. The van der Waals surface area contributed by atoms with Gasteiger partial charge >= 0.3 is 0 Å². The van der Waals surface area contributed by atoms with E-state index in [-0.39, 0.29) is 18.2 Å². The quantitative estimate of drug-likeness (QED) is 0.715. The fraction of sp³-hybridized carbons (Fsp3) is 0.250. The molecular formula is C20H18FN3O2. The normalized spacial score (nSPS) is 17.1. The van der Waals surface area contributed by atoms with Gasteiger partial charge in [-0.1, -0.05) is 35.5 Å². The molecule has 0 aliphatic carbocycles.